The van der Waals surface area contributed by atoms with Crippen molar-refractivity contribution >= 4 is 17.7 Å². The van der Waals surface area contributed by atoms with Crippen molar-refractivity contribution in [3.8, 4) is 0 Å². The third kappa shape index (κ3) is 3.13. The molecular formula is C15H18FNO2. The number of carboxylic acid groups (broad SMARTS) is 1. The molecule has 0 spiro atoms. The van der Waals surface area contributed by atoms with E-state index in [2.05, 4.69) is 11.8 Å². The summed E-state index contributed by atoms with van der Waals surface area (Å²) in [5.74, 6) is -1.45. The first-order chi connectivity index (χ1) is 9.09. The summed E-state index contributed by atoms with van der Waals surface area (Å²) >= 11 is 0. The summed E-state index contributed by atoms with van der Waals surface area (Å²) in [4.78, 5) is 12.8. The Balaban J connectivity index is 2.38. The molecule has 1 saturated heterocycles. The largest absolute Gasteiger partial charge is 0.478 e. The van der Waals surface area contributed by atoms with E-state index in [4.69, 9.17) is 5.11 Å². The number of halogens is 1. The molecule has 1 aromatic rings. The smallest absolute Gasteiger partial charge is 0.328 e. The lowest BCUT2D eigenvalue weighted by molar-refractivity contribution is -0.131. The number of aliphatic carboxylic acids is 1. The van der Waals surface area contributed by atoms with E-state index in [1.807, 2.05) is 6.07 Å². The van der Waals surface area contributed by atoms with Gasteiger partial charge in [-0.3, -0.25) is 0 Å². The summed E-state index contributed by atoms with van der Waals surface area (Å²) < 4.78 is 13.9. The van der Waals surface area contributed by atoms with Crippen molar-refractivity contribution in [2.45, 2.75) is 32.2 Å². The van der Waals surface area contributed by atoms with E-state index in [0.29, 0.717) is 11.6 Å². The van der Waals surface area contributed by atoms with Crippen molar-refractivity contribution in [1.29, 1.82) is 0 Å². The molecule has 0 aliphatic carbocycles. The van der Waals surface area contributed by atoms with Gasteiger partial charge in [0.1, 0.15) is 5.82 Å². The van der Waals surface area contributed by atoms with E-state index in [1.165, 1.54) is 18.6 Å². The van der Waals surface area contributed by atoms with E-state index in [9.17, 15) is 9.18 Å². The van der Waals surface area contributed by atoms with Gasteiger partial charge in [-0.25, -0.2) is 9.18 Å². The molecule has 102 valence electrons. The first-order valence-corrected chi connectivity index (χ1v) is 6.56. The predicted octanol–water partition coefficient (Wildman–Crippen LogP) is 3.30. The third-order valence-corrected chi connectivity index (χ3v) is 3.53. The molecule has 1 aliphatic heterocycles. The number of hydrogen-bond donors (Lipinski definition) is 1. The zero-order chi connectivity index (χ0) is 13.8. The topological polar surface area (TPSA) is 40.5 Å². The van der Waals surface area contributed by atoms with Gasteiger partial charge in [0.15, 0.2) is 0 Å². The van der Waals surface area contributed by atoms with E-state index >= 15 is 0 Å². The quantitative estimate of drug-likeness (QED) is 0.851. The summed E-state index contributed by atoms with van der Waals surface area (Å²) in [5.41, 5.74) is 1.14. The molecule has 4 heteroatoms. The number of nitrogens with zero attached hydrogens (tertiary/aromatic N) is 1. The molecule has 1 fully saturated rings. The van der Waals surface area contributed by atoms with Gasteiger partial charge in [0, 0.05) is 29.9 Å². The molecule has 1 atom stereocenters. The lowest BCUT2D eigenvalue weighted by Gasteiger charge is -2.36. The van der Waals surface area contributed by atoms with Gasteiger partial charge in [0.05, 0.1) is 0 Å². The molecule has 19 heavy (non-hydrogen) atoms. The van der Waals surface area contributed by atoms with Gasteiger partial charge < -0.3 is 10.0 Å². The van der Waals surface area contributed by atoms with Crippen molar-refractivity contribution in [2.75, 3.05) is 11.4 Å². The molecule has 0 aromatic heterocycles. The summed E-state index contributed by atoms with van der Waals surface area (Å²) in [6.07, 6.45) is 5.68. The number of benzene rings is 1. The summed E-state index contributed by atoms with van der Waals surface area (Å²) in [6.45, 7) is 3.01. The molecular weight excluding hydrogens is 245 g/mol. The van der Waals surface area contributed by atoms with Crippen LogP contribution in [0, 0.1) is 5.82 Å². The van der Waals surface area contributed by atoms with Crippen molar-refractivity contribution in [2.24, 2.45) is 0 Å². The molecule has 0 saturated carbocycles. The fourth-order valence-corrected chi connectivity index (χ4v) is 2.55. The Kier molecular flexibility index (Phi) is 4.20. The molecule has 0 amide bonds. The van der Waals surface area contributed by atoms with Crippen molar-refractivity contribution < 1.29 is 14.3 Å². The Labute approximate surface area is 112 Å². The van der Waals surface area contributed by atoms with Crippen LogP contribution in [0.15, 0.2) is 24.3 Å². The number of anilines is 1. The van der Waals surface area contributed by atoms with E-state index in [-0.39, 0.29) is 5.82 Å². The van der Waals surface area contributed by atoms with Crippen LogP contribution >= 0.6 is 0 Å². The third-order valence-electron chi connectivity index (χ3n) is 3.53. The van der Waals surface area contributed by atoms with Crippen LogP contribution in [-0.2, 0) is 4.79 Å². The molecule has 3 nitrogen and oxygen atoms in total. The van der Waals surface area contributed by atoms with Crippen LogP contribution < -0.4 is 4.90 Å². The van der Waals surface area contributed by atoms with E-state index < -0.39 is 5.97 Å². The minimum atomic E-state index is -1.07. The fourth-order valence-electron chi connectivity index (χ4n) is 2.55. The molecule has 1 heterocycles. The Bertz CT molecular complexity index is 499. The van der Waals surface area contributed by atoms with Crippen LogP contribution in [0.25, 0.3) is 6.08 Å². The molecule has 1 aromatic carbocycles. The Hall–Kier alpha value is -1.84. The van der Waals surface area contributed by atoms with Crippen LogP contribution in [0.5, 0.6) is 0 Å². The van der Waals surface area contributed by atoms with Gasteiger partial charge >= 0.3 is 5.97 Å². The van der Waals surface area contributed by atoms with Gasteiger partial charge in [-0.1, -0.05) is 6.07 Å². The second-order valence-corrected chi connectivity index (χ2v) is 4.88. The predicted molar refractivity (Wildman–Crippen MR) is 73.7 cm³/mol. The van der Waals surface area contributed by atoms with Gasteiger partial charge in [-0.15, -0.1) is 0 Å². The highest BCUT2D eigenvalue weighted by atomic mass is 19.1. The lowest BCUT2D eigenvalue weighted by atomic mass is 10.0. The minimum absolute atomic E-state index is 0.354. The molecule has 0 bridgehead atoms. The maximum atomic E-state index is 13.9. The van der Waals surface area contributed by atoms with E-state index in [0.717, 1.165) is 31.1 Å². The average molecular weight is 263 g/mol. The van der Waals surface area contributed by atoms with Gasteiger partial charge in [-0.2, -0.15) is 0 Å². The van der Waals surface area contributed by atoms with Crippen LogP contribution in [-0.4, -0.2) is 23.7 Å². The highest BCUT2D eigenvalue weighted by molar-refractivity contribution is 5.87. The maximum Gasteiger partial charge on any atom is 0.328 e. The monoisotopic (exact) mass is 263 g/mol. The van der Waals surface area contributed by atoms with Crippen LogP contribution in [0.1, 0.15) is 31.7 Å². The summed E-state index contributed by atoms with van der Waals surface area (Å²) in [5, 5.41) is 8.70. The van der Waals surface area contributed by atoms with Crippen LogP contribution in [0.3, 0.4) is 0 Å². The second-order valence-electron chi connectivity index (χ2n) is 4.88. The molecule has 0 radical (unpaired) electrons. The standard InChI is InChI=1S/C15H18FNO2/c1-11-5-2-3-10-17(11)14-7-4-6-13(16)12(14)8-9-15(18)19/h4,6-9,11H,2-3,5,10H2,1H3,(H,18,19)/b9-8+. The lowest BCUT2D eigenvalue weighted by Crippen LogP contribution is -2.37. The van der Waals surface area contributed by atoms with Crippen LogP contribution in [0.4, 0.5) is 10.1 Å². The molecule has 1 N–H and O–H groups in total. The number of carboxylic acids is 1. The first kappa shape index (κ1) is 13.6. The fraction of sp³-hybridized carbons (Fsp3) is 0.400. The number of carbonyl (C=O) groups is 1. The van der Waals surface area contributed by atoms with Crippen LogP contribution in [0.2, 0.25) is 0 Å². The molecule has 2 rings (SSSR count). The number of piperidine rings is 1. The van der Waals surface area contributed by atoms with Gasteiger partial charge in [0.2, 0.25) is 0 Å². The first-order valence-electron chi connectivity index (χ1n) is 6.56. The number of hydrogen-bond acceptors (Lipinski definition) is 2. The SMILES string of the molecule is CC1CCCCN1c1cccc(F)c1/C=C/C(=O)O. The van der Waals surface area contributed by atoms with Crippen molar-refractivity contribution in [3.05, 3.63) is 35.7 Å². The maximum absolute atomic E-state index is 13.9. The van der Waals surface area contributed by atoms with Gasteiger partial charge in [0.25, 0.3) is 0 Å². The highest BCUT2D eigenvalue weighted by Gasteiger charge is 2.21. The molecule has 1 unspecified atom stereocenters. The van der Waals surface area contributed by atoms with Crippen molar-refractivity contribution in [3.63, 3.8) is 0 Å². The minimum Gasteiger partial charge on any atom is -0.478 e. The Morgan fingerprint density at radius 1 is 1.47 bits per heavy atom. The second kappa shape index (κ2) is 5.87. The normalized spacial score (nSPS) is 19.9. The molecule has 1 aliphatic rings. The van der Waals surface area contributed by atoms with Crippen molar-refractivity contribution in [1.82, 2.24) is 0 Å². The Morgan fingerprint density at radius 2 is 2.26 bits per heavy atom. The summed E-state index contributed by atoms with van der Waals surface area (Å²) in [7, 11) is 0. The Morgan fingerprint density at radius 3 is 2.95 bits per heavy atom. The van der Waals surface area contributed by atoms with Gasteiger partial charge in [-0.05, 0) is 44.4 Å². The summed E-state index contributed by atoms with van der Waals surface area (Å²) in [6, 6.07) is 5.24. The zero-order valence-electron chi connectivity index (χ0n) is 11.0. The number of rotatable bonds is 3. The van der Waals surface area contributed by atoms with E-state index in [1.54, 1.807) is 6.07 Å². The average Bonchev–Trinajstić information content (AvgIpc) is 2.37. The zero-order valence-corrected chi connectivity index (χ0v) is 11.0. The highest BCUT2D eigenvalue weighted by Crippen LogP contribution is 2.30.